The van der Waals surface area contributed by atoms with E-state index >= 15 is 0 Å². The third kappa shape index (κ3) is 2.30. The third-order valence-corrected chi connectivity index (χ3v) is 3.86. The summed E-state index contributed by atoms with van der Waals surface area (Å²) in [6.07, 6.45) is 0.721. The van der Waals surface area contributed by atoms with Crippen molar-refractivity contribution in [3.05, 3.63) is 69.6 Å². The van der Waals surface area contributed by atoms with E-state index in [1.165, 1.54) is 0 Å². The highest BCUT2D eigenvalue weighted by atomic mass is 35.5. The van der Waals surface area contributed by atoms with Crippen LogP contribution in [0.5, 0.6) is 5.75 Å². The lowest BCUT2D eigenvalue weighted by Gasteiger charge is -2.14. The van der Waals surface area contributed by atoms with E-state index in [2.05, 4.69) is 0 Å². The minimum atomic E-state index is -0.138. The molecule has 1 heterocycles. The summed E-state index contributed by atoms with van der Waals surface area (Å²) in [6.45, 7) is 2.00. The van der Waals surface area contributed by atoms with Gasteiger partial charge >= 0.3 is 0 Å². The van der Waals surface area contributed by atoms with Gasteiger partial charge in [-0.25, -0.2) is 0 Å². The molecule has 4 heteroatoms. The number of rotatable bonds is 2. The second-order valence-corrected chi connectivity index (χ2v) is 5.26. The molecule has 0 fully saturated rings. The highest BCUT2D eigenvalue weighted by Crippen LogP contribution is 2.23. The Labute approximate surface area is 127 Å². The summed E-state index contributed by atoms with van der Waals surface area (Å²) >= 11 is 6.19. The van der Waals surface area contributed by atoms with Crippen LogP contribution < -0.4 is 5.56 Å². The summed E-state index contributed by atoms with van der Waals surface area (Å²) in [7, 11) is 0. The Hall–Kier alpha value is -2.26. The number of fused-ring (bicyclic) bond motifs is 1. The van der Waals surface area contributed by atoms with Crippen molar-refractivity contribution in [3.63, 3.8) is 0 Å². The Morgan fingerprint density at radius 2 is 1.86 bits per heavy atom. The number of benzene rings is 2. The van der Waals surface area contributed by atoms with E-state index in [0.717, 1.165) is 23.2 Å². The van der Waals surface area contributed by atoms with Crippen LogP contribution in [-0.4, -0.2) is 9.67 Å². The van der Waals surface area contributed by atoms with Crippen LogP contribution in [0.2, 0.25) is 5.02 Å². The number of pyridine rings is 1. The molecule has 0 aliphatic rings. The van der Waals surface area contributed by atoms with Crippen LogP contribution in [0.4, 0.5) is 0 Å². The maximum absolute atomic E-state index is 12.8. The summed E-state index contributed by atoms with van der Waals surface area (Å²) in [5, 5.41) is 11.2. The molecule has 0 spiro atoms. The minimum absolute atomic E-state index is 0.138. The second kappa shape index (κ2) is 5.26. The number of phenols is 1. The summed E-state index contributed by atoms with van der Waals surface area (Å²) < 4.78 is 1.65. The van der Waals surface area contributed by atoms with Crippen molar-refractivity contribution in [1.29, 1.82) is 0 Å². The van der Waals surface area contributed by atoms with Crippen molar-refractivity contribution in [2.75, 3.05) is 0 Å². The average Bonchev–Trinajstić information content (AvgIpc) is 2.48. The van der Waals surface area contributed by atoms with Gasteiger partial charge in [-0.2, -0.15) is 0 Å². The molecule has 0 atom stereocenters. The van der Waals surface area contributed by atoms with Crippen molar-refractivity contribution in [2.24, 2.45) is 0 Å². The lowest BCUT2D eigenvalue weighted by atomic mass is 10.1. The van der Waals surface area contributed by atoms with Crippen molar-refractivity contribution in [3.8, 4) is 11.4 Å². The number of aromatic nitrogens is 1. The maximum Gasteiger partial charge on any atom is 0.264 e. The molecular weight excluding hydrogens is 286 g/mol. The zero-order valence-corrected chi connectivity index (χ0v) is 12.3. The molecule has 106 valence electrons. The Morgan fingerprint density at radius 1 is 1.14 bits per heavy atom. The van der Waals surface area contributed by atoms with Crippen LogP contribution in [0.15, 0.2) is 53.3 Å². The monoisotopic (exact) mass is 299 g/mol. The van der Waals surface area contributed by atoms with Gasteiger partial charge < -0.3 is 5.11 Å². The van der Waals surface area contributed by atoms with Crippen LogP contribution in [-0.2, 0) is 6.42 Å². The molecule has 1 aromatic heterocycles. The molecule has 0 unspecified atom stereocenters. The molecule has 1 N–H and O–H groups in total. The van der Waals surface area contributed by atoms with Crippen molar-refractivity contribution >= 4 is 22.4 Å². The number of aryl methyl sites for hydroxylation is 1. The SMILES string of the molecule is CCc1cc2cccc(Cl)c2c(=O)n1-c1ccc(O)cc1. The molecule has 3 aromatic rings. The zero-order valence-electron chi connectivity index (χ0n) is 11.5. The van der Waals surface area contributed by atoms with Crippen LogP contribution >= 0.6 is 11.6 Å². The molecule has 21 heavy (non-hydrogen) atoms. The number of hydrogen-bond donors (Lipinski definition) is 1. The maximum atomic E-state index is 12.8. The molecule has 2 aromatic carbocycles. The topological polar surface area (TPSA) is 42.2 Å². The lowest BCUT2D eigenvalue weighted by Crippen LogP contribution is -2.22. The average molecular weight is 300 g/mol. The van der Waals surface area contributed by atoms with Gasteiger partial charge in [0, 0.05) is 11.4 Å². The number of nitrogens with zero attached hydrogens (tertiary/aromatic N) is 1. The fourth-order valence-corrected chi connectivity index (χ4v) is 2.78. The summed E-state index contributed by atoms with van der Waals surface area (Å²) in [6, 6.07) is 14.0. The molecule has 0 radical (unpaired) electrons. The van der Waals surface area contributed by atoms with Crippen LogP contribution in [0.1, 0.15) is 12.6 Å². The van der Waals surface area contributed by atoms with Crippen molar-refractivity contribution < 1.29 is 5.11 Å². The Morgan fingerprint density at radius 3 is 2.52 bits per heavy atom. The van der Waals surface area contributed by atoms with Gasteiger partial charge in [0.1, 0.15) is 5.75 Å². The Balaban J connectivity index is 2.41. The molecule has 0 aliphatic carbocycles. The normalized spacial score (nSPS) is 11.0. The molecular formula is C17H14ClNO2. The van der Waals surface area contributed by atoms with Crippen LogP contribution in [0.3, 0.4) is 0 Å². The first kappa shape index (κ1) is 13.7. The van der Waals surface area contributed by atoms with E-state index in [9.17, 15) is 9.90 Å². The van der Waals surface area contributed by atoms with Gasteiger partial charge in [-0.15, -0.1) is 0 Å². The first-order chi connectivity index (χ1) is 10.1. The molecule has 3 rings (SSSR count). The minimum Gasteiger partial charge on any atom is -0.508 e. The fourth-order valence-electron chi connectivity index (χ4n) is 2.52. The largest absolute Gasteiger partial charge is 0.508 e. The third-order valence-electron chi connectivity index (χ3n) is 3.54. The fraction of sp³-hybridized carbons (Fsp3) is 0.118. The number of hydrogen-bond acceptors (Lipinski definition) is 2. The van der Waals surface area contributed by atoms with Gasteiger partial charge in [0.25, 0.3) is 5.56 Å². The van der Waals surface area contributed by atoms with E-state index < -0.39 is 0 Å². The van der Waals surface area contributed by atoms with Gasteiger partial charge in [-0.05, 0) is 48.2 Å². The quantitative estimate of drug-likeness (QED) is 0.779. The first-order valence-corrected chi connectivity index (χ1v) is 7.12. The highest BCUT2D eigenvalue weighted by Gasteiger charge is 2.12. The predicted molar refractivity (Wildman–Crippen MR) is 85.6 cm³/mol. The van der Waals surface area contributed by atoms with E-state index in [0.29, 0.717) is 10.4 Å². The van der Waals surface area contributed by atoms with E-state index in [4.69, 9.17) is 11.6 Å². The predicted octanol–water partition coefficient (Wildman–Crippen LogP) is 3.91. The smallest absolute Gasteiger partial charge is 0.264 e. The van der Waals surface area contributed by atoms with Gasteiger partial charge in [0.15, 0.2) is 0 Å². The summed E-state index contributed by atoms with van der Waals surface area (Å²) in [5.41, 5.74) is 1.48. The van der Waals surface area contributed by atoms with E-state index in [1.54, 1.807) is 34.9 Å². The molecule has 3 nitrogen and oxygen atoms in total. The number of halogens is 1. The van der Waals surface area contributed by atoms with Crippen molar-refractivity contribution in [1.82, 2.24) is 4.57 Å². The standard InChI is InChI=1S/C17H14ClNO2/c1-2-12-10-11-4-3-5-15(18)16(11)17(21)19(12)13-6-8-14(20)9-7-13/h3-10,20H,2H2,1H3. The second-order valence-electron chi connectivity index (χ2n) is 4.85. The van der Waals surface area contributed by atoms with Gasteiger partial charge in [-0.3, -0.25) is 9.36 Å². The summed E-state index contributed by atoms with van der Waals surface area (Å²) in [5.74, 6) is 0.170. The van der Waals surface area contributed by atoms with E-state index in [1.807, 2.05) is 25.1 Å². The number of aromatic hydroxyl groups is 1. The van der Waals surface area contributed by atoms with Gasteiger partial charge in [0.2, 0.25) is 0 Å². The lowest BCUT2D eigenvalue weighted by molar-refractivity contribution is 0.475. The Bertz CT molecular complexity index is 866. The highest BCUT2D eigenvalue weighted by molar-refractivity contribution is 6.35. The van der Waals surface area contributed by atoms with E-state index in [-0.39, 0.29) is 11.3 Å². The molecule has 0 amide bonds. The zero-order chi connectivity index (χ0) is 15.0. The molecule has 0 saturated heterocycles. The molecule has 0 aliphatic heterocycles. The van der Waals surface area contributed by atoms with Crippen molar-refractivity contribution in [2.45, 2.75) is 13.3 Å². The van der Waals surface area contributed by atoms with Crippen LogP contribution in [0, 0.1) is 0 Å². The molecule has 0 saturated carbocycles. The Kier molecular flexibility index (Phi) is 3.43. The summed E-state index contributed by atoms with van der Waals surface area (Å²) in [4.78, 5) is 12.8. The number of phenolic OH excluding ortho intramolecular Hbond substituents is 1. The first-order valence-electron chi connectivity index (χ1n) is 6.74. The van der Waals surface area contributed by atoms with Gasteiger partial charge in [0.05, 0.1) is 10.4 Å². The van der Waals surface area contributed by atoms with Gasteiger partial charge in [-0.1, -0.05) is 30.7 Å². The van der Waals surface area contributed by atoms with Crippen LogP contribution in [0.25, 0.3) is 16.5 Å². The molecule has 0 bridgehead atoms.